The number of ether oxygens (including phenoxy) is 2. The van der Waals surface area contributed by atoms with Crippen LogP contribution in [0, 0.1) is 10.8 Å². The van der Waals surface area contributed by atoms with Crippen LogP contribution in [-0.2, 0) is 0 Å². The van der Waals surface area contributed by atoms with E-state index in [-0.39, 0.29) is 11.7 Å². The van der Waals surface area contributed by atoms with Crippen LogP contribution in [0.15, 0.2) is 41.4 Å². The van der Waals surface area contributed by atoms with Crippen molar-refractivity contribution in [3.8, 4) is 11.5 Å². The van der Waals surface area contributed by atoms with Crippen LogP contribution in [0.5, 0.6) is 11.5 Å². The third-order valence-electron chi connectivity index (χ3n) is 4.71. The van der Waals surface area contributed by atoms with Crippen LogP contribution in [0.4, 0.5) is 0 Å². The first-order valence-corrected chi connectivity index (χ1v) is 11.6. The molecular formula is C23H31Cl2N7O2. The van der Waals surface area contributed by atoms with Gasteiger partial charge in [0.1, 0.15) is 23.2 Å². The maximum absolute atomic E-state index is 7.41. The number of halogens is 2. The van der Waals surface area contributed by atoms with E-state index >= 15 is 0 Å². The first-order valence-electron chi connectivity index (χ1n) is 10.8. The van der Waals surface area contributed by atoms with Gasteiger partial charge in [0, 0.05) is 24.2 Å². The molecule has 0 heterocycles. The van der Waals surface area contributed by atoms with Crippen LogP contribution in [0.1, 0.15) is 36.8 Å². The second kappa shape index (κ2) is 14.2. The molecule has 0 amide bonds. The number of guanidine groups is 1. The Hall–Kier alpha value is -3.17. The van der Waals surface area contributed by atoms with E-state index in [9.17, 15) is 0 Å². The Bertz CT molecular complexity index is 1010. The van der Waals surface area contributed by atoms with Gasteiger partial charge in [0.2, 0.25) is 0 Å². The summed E-state index contributed by atoms with van der Waals surface area (Å²) in [5.41, 5.74) is 17.9. The normalized spacial score (nSPS) is 11.2. The predicted molar refractivity (Wildman–Crippen MR) is 139 cm³/mol. The number of rotatable bonds is 14. The molecule has 9 N–H and O–H groups in total. The van der Waals surface area contributed by atoms with Gasteiger partial charge in [0.05, 0.1) is 23.3 Å². The molecule has 0 unspecified atom stereocenters. The minimum absolute atomic E-state index is 0.0330. The van der Waals surface area contributed by atoms with Gasteiger partial charge in [-0.25, -0.2) is 0 Å². The largest absolute Gasteiger partial charge is 0.492 e. The monoisotopic (exact) mass is 507 g/mol. The highest BCUT2D eigenvalue weighted by atomic mass is 35.5. The van der Waals surface area contributed by atoms with Crippen molar-refractivity contribution in [3.63, 3.8) is 0 Å². The van der Waals surface area contributed by atoms with Crippen molar-refractivity contribution in [1.82, 2.24) is 5.32 Å². The summed E-state index contributed by atoms with van der Waals surface area (Å²) in [6.07, 6.45) is 3.30. The minimum atomic E-state index is -0.0342. The summed E-state index contributed by atoms with van der Waals surface area (Å²) in [5.74, 6) is 1.48. The van der Waals surface area contributed by atoms with Gasteiger partial charge in [-0.15, -0.1) is 0 Å². The molecule has 0 aromatic heterocycles. The highest BCUT2D eigenvalue weighted by Crippen LogP contribution is 2.26. The van der Waals surface area contributed by atoms with Gasteiger partial charge in [-0.2, -0.15) is 0 Å². The second-order valence-corrected chi connectivity index (χ2v) is 8.24. The third kappa shape index (κ3) is 9.36. The SMILES string of the molecule is N=C(N)c1ccc(OCCCCN=C(N)NCCCCOc2ccc(C(=N)N)cc2Cl)c(Cl)c1. The standard InChI is InChI=1S/C23H31Cl2N7O2/c24-17-13-15(21(26)27)5-7-19(17)33-11-3-1-9-31-23(30)32-10-2-4-12-34-20-8-6-16(22(28)29)14-18(20)25/h5-8,13-14H,1-4,9-12H2,(H3,26,27)(H3,28,29)(H3,30,31,32). The number of nitrogens with two attached hydrogens (primary N) is 3. The van der Waals surface area contributed by atoms with E-state index in [1.54, 1.807) is 36.4 Å². The molecule has 0 saturated carbocycles. The smallest absolute Gasteiger partial charge is 0.188 e. The fraction of sp³-hybridized carbons (Fsp3) is 0.348. The van der Waals surface area contributed by atoms with E-state index < -0.39 is 0 Å². The van der Waals surface area contributed by atoms with E-state index in [0.29, 0.717) is 64.9 Å². The third-order valence-corrected chi connectivity index (χ3v) is 5.30. The minimum Gasteiger partial charge on any atom is -0.492 e. The molecule has 2 aromatic rings. The quantitative estimate of drug-likeness (QED) is 0.130. The molecule has 2 rings (SSSR count). The van der Waals surface area contributed by atoms with Gasteiger partial charge < -0.3 is 32.0 Å². The Kier molecular flexibility index (Phi) is 11.3. The number of nitrogens with zero attached hydrogens (tertiary/aromatic N) is 1. The van der Waals surface area contributed by atoms with E-state index in [0.717, 1.165) is 25.7 Å². The zero-order valence-corrected chi connectivity index (χ0v) is 20.4. The van der Waals surface area contributed by atoms with Gasteiger partial charge >= 0.3 is 0 Å². The van der Waals surface area contributed by atoms with Crippen molar-refractivity contribution in [1.29, 1.82) is 10.8 Å². The molecule has 0 saturated heterocycles. The molecule has 184 valence electrons. The number of nitrogens with one attached hydrogen (secondary N) is 3. The molecule has 0 aliphatic rings. The maximum Gasteiger partial charge on any atom is 0.188 e. The number of aliphatic imine (C=N–C) groups is 1. The molecule has 9 nitrogen and oxygen atoms in total. The number of amidine groups is 2. The van der Waals surface area contributed by atoms with Gasteiger partial charge in [-0.1, -0.05) is 23.2 Å². The van der Waals surface area contributed by atoms with Crippen LogP contribution in [0.2, 0.25) is 10.0 Å². The van der Waals surface area contributed by atoms with Crippen molar-refractivity contribution >= 4 is 40.8 Å². The highest BCUT2D eigenvalue weighted by Gasteiger charge is 2.06. The molecule has 0 fully saturated rings. The summed E-state index contributed by atoms with van der Waals surface area (Å²) in [6, 6.07) is 10.1. The number of hydrogen-bond acceptors (Lipinski definition) is 5. The summed E-state index contributed by atoms with van der Waals surface area (Å²) in [5, 5.41) is 18.8. The molecule has 0 atom stereocenters. The average Bonchev–Trinajstić information content (AvgIpc) is 2.79. The van der Waals surface area contributed by atoms with E-state index in [4.69, 9.17) is 60.7 Å². The number of hydrogen-bond donors (Lipinski definition) is 6. The Labute approximate surface area is 209 Å². The Morgan fingerprint density at radius 2 is 1.29 bits per heavy atom. The molecule has 2 aromatic carbocycles. The van der Waals surface area contributed by atoms with Crippen molar-refractivity contribution < 1.29 is 9.47 Å². The second-order valence-electron chi connectivity index (χ2n) is 7.42. The Balaban J connectivity index is 1.53. The fourth-order valence-electron chi connectivity index (χ4n) is 2.85. The maximum atomic E-state index is 7.41. The summed E-state index contributed by atoms with van der Waals surface area (Å²) < 4.78 is 11.3. The van der Waals surface area contributed by atoms with Crippen molar-refractivity contribution in [2.24, 2.45) is 22.2 Å². The Morgan fingerprint density at radius 3 is 1.76 bits per heavy atom. The molecule has 11 heteroatoms. The summed E-state index contributed by atoms with van der Waals surface area (Å²) in [4.78, 5) is 4.30. The zero-order valence-electron chi connectivity index (χ0n) is 18.9. The van der Waals surface area contributed by atoms with E-state index in [1.807, 2.05) is 0 Å². The first-order chi connectivity index (χ1) is 16.3. The molecule has 0 aliphatic heterocycles. The van der Waals surface area contributed by atoms with Crippen molar-refractivity contribution in [3.05, 3.63) is 57.6 Å². The lowest BCUT2D eigenvalue weighted by molar-refractivity contribution is 0.307. The summed E-state index contributed by atoms with van der Waals surface area (Å²) in [7, 11) is 0. The topological polar surface area (TPSA) is 169 Å². The average molecular weight is 508 g/mol. The first kappa shape index (κ1) is 27.1. The lowest BCUT2D eigenvalue weighted by atomic mass is 10.2. The molecule has 0 aliphatic carbocycles. The van der Waals surface area contributed by atoms with Gasteiger partial charge in [0.15, 0.2) is 5.96 Å². The molecule has 34 heavy (non-hydrogen) atoms. The van der Waals surface area contributed by atoms with Crippen LogP contribution in [-0.4, -0.2) is 43.9 Å². The van der Waals surface area contributed by atoms with Gasteiger partial charge in [-0.05, 0) is 62.1 Å². The highest BCUT2D eigenvalue weighted by molar-refractivity contribution is 6.32. The van der Waals surface area contributed by atoms with E-state index in [1.165, 1.54) is 0 Å². The predicted octanol–water partition coefficient (Wildman–Crippen LogP) is 3.48. The Morgan fingerprint density at radius 1 is 0.794 bits per heavy atom. The van der Waals surface area contributed by atoms with Gasteiger partial charge in [-0.3, -0.25) is 15.8 Å². The molecule has 0 radical (unpaired) electrons. The van der Waals surface area contributed by atoms with Crippen LogP contribution >= 0.6 is 23.2 Å². The summed E-state index contributed by atoms with van der Waals surface area (Å²) >= 11 is 12.3. The number of unbranched alkanes of at least 4 members (excludes halogenated alkanes) is 2. The lowest BCUT2D eigenvalue weighted by Gasteiger charge is -2.10. The summed E-state index contributed by atoms with van der Waals surface area (Å²) in [6.45, 7) is 2.30. The van der Waals surface area contributed by atoms with Crippen LogP contribution < -0.4 is 32.0 Å². The lowest BCUT2D eigenvalue weighted by Crippen LogP contribution is -2.32. The molecule has 0 bridgehead atoms. The molecular weight excluding hydrogens is 477 g/mol. The van der Waals surface area contributed by atoms with E-state index in [2.05, 4.69) is 10.3 Å². The van der Waals surface area contributed by atoms with Crippen molar-refractivity contribution in [2.45, 2.75) is 25.7 Å². The zero-order chi connectivity index (χ0) is 24.9. The number of benzene rings is 2. The van der Waals surface area contributed by atoms with Crippen LogP contribution in [0.3, 0.4) is 0 Å². The van der Waals surface area contributed by atoms with Crippen LogP contribution in [0.25, 0.3) is 0 Å². The molecule has 0 spiro atoms. The fourth-order valence-corrected chi connectivity index (χ4v) is 3.32. The number of nitrogen functional groups attached to an aromatic ring is 2. The van der Waals surface area contributed by atoms with Crippen molar-refractivity contribution in [2.75, 3.05) is 26.3 Å². The van der Waals surface area contributed by atoms with Gasteiger partial charge in [0.25, 0.3) is 0 Å².